The molecule has 0 saturated heterocycles. The highest BCUT2D eigenvalue weighted by molar-refractivity contribution is 7.13. The smallest absolute Gasteiger partial charge is 0.293 e. The van der Waals surface area contributed by atoms with E-state index in [-0.39, 0.29) is 0 Å². The van der Waals surface area contributed by atoms with E-state index in [4.69, 9.17) is 10.5 Å². The molecule has 5 heteroatoms. The Balaban J connectivity index is 2.74. The molecule has 0 fully saturated rings. The molecule has 0 spiro atoms. The van der Waals surface area contributed by atoms with Crippen molar-refractivity contribution < 1.29 is 4.74 Å². The van der Waals surface area contributed by atoms with Gasteiger partial charge < -0.3 is 10.5 Å². The largest absolute Gasteiger partial charge is 0.472 e. The molecule has 2 N–H and O–H groups in total. The fraction of sp³-hybridized carbons (Fsp3) is 0.500. The van der Waals surface area contributed by atoms with Crippen molar-refractivity contribution in [3.8, 4) is 5.19 Å². The van der Waals surface area contributed by atoms with Crippen LogP contribution in [0.2, 0.25) is 0 Å². The first kappa shape index (κ1) is 6.44. The fourth-order valence-electron chi connectivity index (χ4n) is 0.403. The van der Waals surface area contributed by atoms with Crippen LogP contribution in [0.25, 0.3) is 0 Å². The van der Waals surface area contributed by atoms with Crippen molar-refractivity contribution in [2.24, 2.45) is 5.73 Å². The quantitative estimate of drug-likeness (QED) is 0.636. The Hall–Kier alpha value is -0.680. The molecular weight excluding hydrogens is 138 g/mol. The maximum Gasteiger partial charge on any atom is 0.293 e. The minimum Gasteiger partial charge on any atom is -0.472 e. The number of rotatable bonds is 2. The van der Waals surface area contributed by atoms with Crippen LogP contribution in [-0.2, 0) is 6.54 Å². The third-order valence-electron chi connectivity index (χ3n) is 0.798. The fourth-order valence-corrected chi connectivity index (χ4v) is 0.935. The predicted octanol–water partition coefficient (Wildman–Crippen LogP) is 0.00540. The van der Waals surface area contributed by atoms with E-state index >= 15 is 0 Å². The summed E-state index contributed by atoms with van der Waals surface area (Å²) in [5.74, 6) is 0. The van der Waals surface area contributed by atoms with Gasteiger partial charge in [-0.05, 0) is 0 Å². The van der Waals surface area contributed by atoms with Crippen molar-refractivity contribution in [2.45, 2.75) is 6.54 Å². The molecule has 50 valence electrons. The van der Waals surface area contributed by atoms with Gasteiger partial charge in [0, 0.05) is 6.54 Å². The summed E-state index contributed by atoms with van der Waals surface area (Å²) in [7, 11) is 1.56. The van der Waals surface area contributed by atoms with Gasteiger partial charge in [-0.15, -0.1) is 10.2 Å². The SMILES string of the molecule is COc1nnc(CN)s1. The van der Waals surface area contributed by atoms with Gasteiger partial charge in [0.1, 0.15) is 5.01 Å². The van der Waals surface area contributed by atoms with E-state index in [0.29, 0.717) is 11.7 Å². The molecule has 4 nitrogen and oxygen atoms in total. The summed E-state index contributed by atoms with van der Waals surface area (Å²) in [4.78, 5) is 0. The number of hydrogen-bond acceptors (Lipinski definition) is 5. The van der Waals surface area contributed by atoms with Crippen LogP contribution in [0.1, 0.15) is 5.01 Å². The first-order chi connectivity index (χ1) is 4.36. The summed E-state index contributed by atoms with van der Waals surface area (Å²) in [5, 5.41) is 8.76. The Labute approximate surface area is 56.7 Å². The van der Waals surface area contributed by atoms with Crippen LogP contribution in [0.4, 0.5) is 0 Å². The Morgan fingerprint density at radius 2 is 2.44 bits per heavy atom. The standard InChI is InChI=1S/C4H7N3OS/c1-8-4-7-6-3(2-5)9-4/h2,5H2,1H3. The highest BCUT2D eigenvalue weighted by Crippen LogP contribution is 2.15. The average molecular weight is 145 g/mol. The minimum atomic E-state index is 0.432. The zero-order chi connectivity index (χ0) is 6.69. The third kappa shape index (κ3) is 1.36. The number of nitrogens with zero attached hydrogens (tertiary/aromatic N) is 2. The lowest BCUT2D eigenvalue weighted by Gasteiger charge is -1.83. The van der Waals surface area contributed by atoms with Gasteiger partial charge in [0.2, 0.25) is 0 Å². The average Bonchev–Trinajstić information content (AvgIpc) is 2.34. The van der Waals surface area contributed by atoms with Crippen LogP contribution in [0.3, 0.4) is 0 Å². The van der Waals surface area contributed by atoms with Crippen LogP contribution < -0.4 is 10.5 Å². The molecule has 1 heterocycles. The van der Waals surface area contributed by atoms with E-state index in [9.17, 15) is 0 Å². The van der Waals surface area contributed by atoms with Crippen molar-refractivity contribution in [1.29, 1.82) is 0 Å². The monoisotopic (exact) mass is 145 g/mol. The van der Waals surface area contributed by atoms with Gasteiger partial charge in [-0.2, -0.15) is 0 Å². The zero-order valence-corrected chi connectivity index (χ0v) is 5.81. The van der Waals surface area contributed by atoms with E-state index < -0.39 is 0 Å². The number of methoxy groups -OCH3 is 1. The van der Waals surface area contributed by atoms with Gasteiger partial charge >= 0.3 is 0 Å². The normalized spacial score (nSPS) is 9.56. The predicted molar refractivity (Wildman–Crippen MR) is 34.4 cm³/mol. The molecule has 0 saturated carbocycles. The Kier molecular flexibility index (Phi) is 1.96. The lowest BCUT2D eigenvalue weighted by molar-refractivity contribution is 0.407. The van der Waals surface area contributed by atoms with Crippen molar-refractivity contribution in [3.63, 3.8) is 0 Å². The zero-order valence-electron chi connectivity index (χ0n) is 5.00. The molecule has 0 atom stereocenters. The highest BCUT2D eigenvalue weighted by Gasteiger charge is 1.98. The maximum atomic E-state index is 5.27. The van der Waals surface area contributed by atoms with Gasteiger partial charge in [-0.3, -0.25) is 0 Å². The molecule has 1 rings (SSSR count). The highest BCUT2D eigenvalue weighted by atomic mass is 32.1. The molecule has 0 aliphatic carbocycles. The summed E-state index contributed by atoms with van der Waals surface area (Å²) < 4.78 is 4.79. The summed E-state index contributed by atoms with van der Waals surface area (Å²) in [6, 6.07) is 0. The van der Waals surface area contributed by atoms with Crippen molar-refractivity contribution >= 4 is 11.3 Å². The van der Waals surface area contributed by atoms with Crippen LogP contribution in [0.15, 0.2) is 0 Å². The van der Waals surface area contributed by atoms with E-state index in [1.807, 2.05) is 0 Å². The molecule has 0 amide bonds. The second-order valence-corrected chi connectivity index (χ2v) is 2.39. The van der Waals surface area contributed by atoms with Gasteiger partial charge in [-0.25, -0.2) is 0 Å². The molecule has 0 aliphatic rings. The van der Waals surface area contributed by atoms with E-state index in [0.717, 1.165) is 5.01 Å². The molecule has 0 aromatic carbocycles. The van der Waals surface area contributed by atoms with Gasteiger partial charge in [0.25, 0.3) is 5.19 Å². The molecule has 0 radical (unpaired) electrons. The second-order valence-electron chi connectivity index (χ2n) is 1.37. The minimum absolute atomic E-state index is 0.432. The van der Waals surface area contributed by atoms with Crippen LogP contribution in [-0.4, -0.2) is 17.3 Å². The van der Waals surface area contributed by atoms with Gasteiger partial charge in [-0.1, -0.05) is 11.3 Å². The van der Waals surface area contributed by atoms with Crippen LogP contribution in [0, 0.1) is 0 Å². The van der Waals surface area contributed by atoms with Crippen molar-refractivity contribution in [2.75, 3.05) is 7.11 Å². The van der Waals surface area contributed by atoms with Gasteiger partial charge in [0.15, 0.2) is 0 Å². The molecule has 0 unspecified atom stereocenters. The van der Waals surface area contributed by atoms with Crippen molar-refractivity contribution in [1.82, 2.24) is 10.2 Å². The summed E-state index contributed by atoms with van der Waals surface area (Å²) >= 11 is 1.36. The molecule has 9 heavy (non-hydrogen) atoms. The first-order valence-corrected chi connectivity index (χ1v) is 3.25. The Morgan fingerprint density at radius 1 is 1.67 bits per heavy atom. The maximum absolute atomic E-state index is 5.27. The summed E-state index contributed by atoms with van der Waals surface area (Å²) in [6.45, 7) is 0.432. The van der Waals surface area contributed by atoms with Crippen molar-refractivity contribution in [3.05, 3.63) is 5.01 Å². The van der Waals surface area contributed by atoms with Crippen LogP contribution >= 0.6 is 11.3 Å². The molecule has 1 aromatic heterocycles. The lowest BCUT2D eigenvalue weighted by atomic mass is 10.7. The Bertz CT molecular complexity index is 169. The number of ether oxygens (including phenoxy) is 1. The van der Waals surface area contributed by atoms with Gasteiger partial charge in [0.05, 0.1) is 7.11 Å². The topological polar surface area (TPSA) is 61.0 Å². The molecular formula is C4H7N3OS. The first-order valence-electron chi connectivity index (χ1n) is 2.43. The van der Waals surface area contributed by atoms with E-state index in [2.05, 4.69) is 10.2 Å². The lowest BCUT2D eigenvalue weighted by Crippen LogP contribution is -1.94. The van der Waals surface area contributed by atoms with Crippen LogP contribution in [0.5, 0.6) is 5.19 Å². The van der Waals surface area contributed by atoms with E-state index in [1.165, 1.54) is 11.3 Å². The molecule has 1 aromatic rings. The summed E-state index contributed by atoms with van der Waals surface area (Å²) in [5.41, 5.74) is 5.27. The molecule has 0 bridgehead atoms. The second kappa shape index (κ2) is 2.75. The number of aromatic nitrogens is 2. The number of hydrogen-bond donors (Lipinski definition) is 1. The third-order valence-corrected chi connectivity index (χ3v) is 1.70. The molecule has 0 aliphatic heterocycles. The number of nitrogens with two attached hydrogens (primary N) is 1. The Morgan fingerprint density at radius 3 is 2.78 bits per heavy atom. The van der Waals surface area contributed by atoms with E-state index in [1.54, 1.807) is 7.11 Å². The summed E-state index contributed by atoms with van der Waals surface area (Å²) in [6.07, 6.45) is 0.